The molecule has 0 aliphatic carbocycles. The molecule has 0 saturated heterocycles. The molecule has 2 aromatic rings. The van der Waals surface area contributed by atoms with E-state index in [1.54, 1.807) is 37.4 Å². The summed E-state index contributed by atoms with van der Waals surface area (Å²) in [7, 11) is 0.599. The Morgan fingerprint density at radius 3 is 2.05 bits per heavy atom. The second-order valence-corrected chi connectivity index (χ2v) is 10.8. The first-order chi connectivity index (χ1) is 18.0. The van der Waals surface area contributed by atoms with E-state index in [1.165, 1.54) is 31.3 Å². The maximum Gasteiger partial charge on any atom is 0.244 e. The molecule has 1 N–H and O–H groups in total. The molecule has 0 aliphatic rings. The van der Waals surface area contributed by atoms with Crippen molar-refractivity contribution in [3.63, 3.8) is 0 Å². The first kappa shape index (κ1) is 30.8. The number of anilines is 1. The molecule has 0 radical (unpaired) electrons. The van der Waals surface area contributed by atoms with Crippen LogP contribution in [-0.2, 0) is 26.2 Å². The van der Waals surface area contributed by atoms with Crippen LogP contribution in [0.2, 0.25) is 0 Å². The first-order valence-electron chi connectivity index (χ1n) is 12.4. The molecule has 0 unspecified atom stereocenters. The fraction of sp³-hybridized carbons (Fsp3) is 0.481. The third-order valence-electron chi connectivity index (χ3n) is 6.23. The van der Waals surface area contributed by atoms with Crippen molar-refractivity contribution >= 4 is 27.5 Å². The van der Waals surface area contributed by atoms with Gasteiger partial charge in [0.1, 0.15) is 18.3 Å². The summed E-state index contributed by atoms with van der Waals surface area (Å²) in [6, 6.07) is 10.9. The summed E-state index contributed by atoms with van der Waals surface area (Å²) in [5, 5.41) is 2.95. The Bertz CT molecular complexity index is 1190. The van der Waals surface area contributed by atoms with Crippen molar-refractivity contribution in [2.75, 3.05) is 38.4 Å². The molecule has 210 valence electrons. The number of nitrogens with zero attached hydrogens (tertiary/aromatic N) is 2. The Morgan fingerprint density at radius 1 is 0.921 bits per heavy atom. The molecule has 10 nitrogen and oxygen atoms in total. The second kappa shape index (κ2) is 13.9. The molecule has 2 aromatic carbocycles. The number of rotatable bonds is 14. The molecule has 0 fully saturated rings. The fourth-order valence-corrected chi connectivity index (χ4v) is 4.72. The SMILES string of the molecule is CC[C@@H](C)NC(=O)[C@@H](CC)N(Cc1ccc(OC)cc1)C(=O)CN(c1ccc(OC)c(OC)c1)S(C)(=O)=O. The number of ether oxygens (including phenoxy) is 3. The number of methoxy groups -OCH3 is 3. The van der Waals surface area contributed by atoms with E-state index >= 15 is 0 Å². The maximum atomic E-state index is 13.8. The predicted molar refractivity (Wildman–Crippen MR) is 147 cm³/mol. The highest BCUT2D eigenvalue weighted by atomic mass is 32.2. The largest absolute Gasteiger partial charge is 0.497 e. The van der Waals surface area contributed by atoms with Crippen LogP contribution in [0.25, 0.3) is 0 Å². The molecular formula is C27H39N3O7S. The van der Waals surface area contributed by atoms with E-state index in [0.29, 0.717) is 23.7 Å². The van der Waals surface area contributed by atoms with Gasteiger partial charge in [-0.15, -0.1) is 0 Å². The Kier molecular flexibility index (Phi) is 11.2. The topological polar surface area (TPSA) is 114 Å². The smallest absolute Gasteiger partial charge is 0.244 e. The number of hydrogen-bond donors (Lipinski definition) is 1. The lowest BCUT2D eigenvalue weighted by atomic mass is 10.1. The van der Waals surface area contributed by atoms with E-state index in [-0.39, 0.29) is 24.2 Å². The van der Waals surface area contributed by atoms with Crippen LogP contribution in [-0.4, -0.2) is 71.3 Å². The molecular weight excluding hydrogens is 510 g/mol. The summed E-state index contributed by atoms with van der Waals surface area (Å²) in [5.74, 6) is 0.586. The molecule has 2 atom stereocenters. The summed E-state index contributed by atoms with van der Waals surface area (Å²) < 4.78 is 42.4. The Morgan fingerprint density at radius 2 is 1.55 bits per heavy atom. The third-order valence-corrected chi connectivity index (χ3v) is 7.37. The lowest BCUT2D eigenvalue weighted by molar-refractivity contribution is -0.140. The van der Waals surface area contributed by atoms with Crippen molar-refractivity contribution in [2.45, 2.75) is 52.2 Å². The molecule has 0 spiro atoms. The van der Waals surface area contributed by atoms with Crippen molar-refractivity contribution in [1.82, 2.24) is 10.2 Å². The second-order valence-electron chi connectivity index (χ2n) is 8.92. The van der Waals surface area contributed by atoms with E-state index in [1.807, 2.05) is 20.8 Å². The number of carbonyl (C=O) groups excluding carboxylic acids is 2. The monoisotopic (exact) mass is 549 g/mol. The molecule has 0 heterocycles. The normalized spacial score (nSPS) is 12.7. The number of hydrogen-bond acceptors (Lipinski definition) is 7. The van der Waals surface area contributed by atoms with Crippen LogP contribution in [0.3, 0.4) is 0 Å². The minimum Gasteiger partial charge on any atom is -0.497 e. The average molecular weight is 550 g/mol. The molecule has 0 aromatic heterocycles. The van der Waals surface area contributed by atoms with Crippen molar-refractivity contribution in [3.05, 3.63) is 48.0 Å². The zero-order valence-corrected chi connectivity index (χ0v) is 24.0. The number of carbonyl (C=O) groups is 2. The standard InChI is InChI=1S/C27H39N3O7S/c1-8-19(3)28-27(32)23(9-2)29(17-20-10-13-22(35-4)14-11-20)26(31)18-30(38(7,33)34)21-12-15-24(36-5)25(16-21)37-6/h10-16,19,23H,8-9,17-18H2,1-7H3,(H,28,32)/t19-,23-/m1/s1. The van der Waals surface area contributed by atoms with Gasteiger partial charge in [0.2, 0.25) is 21.8 Å². The Hall–Kier alpha value is -3.47. The van der Waals surface area contributed by atoms with E-state index < -0.39 is 28.5 Å². The van der Waals surface area contributed by atoms with Gasteiger partial charge < -0.3 is 24.4 Å². The van der Waals surface area contributed by atoms with Gasteiger partial charge in [-0.2, -0.15) is 0 Å². The van der Waals surface area contributed by atoms with Crippen molar-refractivity contribution in [3.8, 4) is 17.2 Å². The van der Waals surface area contributed by atoms with Crippen molar-refractivity contribution in [2.24, 2.45) is 0 Å². The molecule has 11 heteroatoms. The van der Waals surface area contributed by atoms with Crippen LogP contribution in [0.5, 0.6) is 17.2 Å². The van der Waals surface area contributed by atoms with Crippen molar-refractivity contribution < 1.29 is 32.2 Å². The highest BCUT2D eigenvalue weighted by molar-refractivity contribution is 7.92. The van der Waals surface area contributed by atoms with Gasteiger partial charge in [0, 0.05) is 18.7 Å². The molecule has 2 amide bonds. The van der Waals surface area contributed by atoms with Gasteiger partial charge in [0.05, 0.1) is 33.3 Å². The molecule has 0 saturated carbocycles. The Labute approximate surface area is 225 Å². The minimum atomic E-state index is -3.88. The predicted octanol–water partition coefficient (Wildman–Crippen LogP) is 3.20. The summed E-state index contributed by atoms with van der Waals surface area (Å²) in [6.45, 7) is 5.27. The van der Waals surface area contributed by atoms with Crippen molar-refractivity contribution in [1.29, 1.82) is 0 Å². The third kappa shape index (κ3) is 8.01. The van der Waals surface area contributed by atoms with Crippen LogP contribution in [0.1, 0.15) is 39.2 Å². The Balaban J connectivity index is 2.48. The molecule has 2 rings (SSSR count). The summed E-state index contributed by atoms with van der Waals surface area (Å²) in [6.07, 6.45) is 2.10. The van der Waals surface area contributed by atoms with Gasteiger partial charge in [0.25, 0.3) is 0 Å². The van der Waals surface area contributed by atoms with Crippen LogP contribution >= 0.6 is 0 Å². The minimum absolute atomic E-state index is 0.0752. The lowest BCUT2D eigenvalue weighted by Gasteiger charge is -2.33. The number of sulfonamides is 1. The quantitative estimate of drug-likeness (QED) is 0.385. The molecule has 38 heavy (non-hydrogen) atoms. The van der Waals surface area contributed by atoms with Crippen LogP contribution < -0.4 is 23.8 Å². The summed E-state index contributed by atoms with van der Waals surface area (Å²) >= 11 is 0. The highest BCUT2D eigenvalue weighted by Gasteiger charge is 2.32. The fourth-order valence-electron chi connectivity index (χ4n) is 3.88. The number of benzene rings is 2. The van der Waals surface area contributed by atoms with Crippen LogP contribution in [0.15, 0.2) is 42.5 Å². The van der Waals surface area contributed by atoms with Gasteiger partial charge >= 0.3 is 0 Å². The van der Waals surface area contributed by atoms with E-state index in [2.05, 4.69) is 5.32 Å². The van der Waals surface area contributed by atoms with Gasteiger partial charge in [-0.05, 0) is 49.6 Å². The first-order valence-corrected chi connectivity index (χ1v) is 14.3. The molecule has 0 bridgehead atoms. The zero-order valence-electron chi connectivity index (χ0n) is 23.2. The highest BCUT2D eigenvalue weighted by Crippen LogP contribution is 2.32. The van der Waals surface area contributed by atoms with Crippen LogP contribution in [0, 0.1) is 0 Å². The van der Waals surface area contributed by atoms with E-state index in [4.69, 9.17) is 14.2 Å². The van der Waals surface area contributed by atoms with Gasteiger partial charge in [-0.3, -0.25) is 13.9 Å². The number of nitrogens with one attached hydrogen (secondary N) is 1. The molecule has 0 aliphatic heterocycles. The summed E-state index contributed by atoms with van der Waals surface area (Å²) in [4.78, 5) is 28.4. The lowest BCUT2D eigenvalue weighted by Crippen LogP contribution is -2.53. The maximum absolute atomic E-state index is 13.8. The van der Waals surface area contributed by atoms with Crippen LogP contribution in [0.4, 0.5) is 5.69 Å². The van der Waals surface area contributed by atoms with E-state index in [0.717, 1.165) is 22.5 Å². The van der Waals surface area contributed by atoms with Gasteiger partial charge in [-0.1, -0.05) is 26.0 Å². The zero-order chi connectivity index (χ0) is 28.5. The summed E-state index contributed by atoms with van der Waals surface area (Å²) in [5.41, 5.74) is 1.01. The average Bonchev–Trinajstić information content (AvgIpc) is 2.90. The van der Waals surface area contributed by atoms with E-state index in [9.17, 15) is 18.0 Å². The van der Waals surface area contributed by atoms with Gasteiger partial charge in [-0.25, -0.2) is 8.42 Å². The number of amides is 2. The van der Waals surface area contributed by atoms with Gasteiger partial charge in [0.15, 0.2) is 11.5 Å².